The van der Waals surface area contributed by atoms with E-state index in [0.29, 0.717) is 37.7 Å². The van der Waals surface area contributed by atoms with Gasteiger partial charge in [0.2, 0.25) is 5.91 Å². The van der Waals surface area contributed by atoms with Gasteiger partial charge in [-0.1, -0.05) is 73.9 Å². The van der Waals surface area contributed by atoms with Crippen molar-refractivity contribution in [1.82, 2.24) is 30.8 Å². The molecule has 4 aromatic rings. The number of imidazole rings is 1. The van der Waals surface area contributed by atoms with Gasteiger partial charge in [0.05, 0.1) is 19.2 Å². The molecule has 1 fully saturated rings. The molecule has 0 aliphatic heterocycles. The molecule has 0 saturated heterocycles. The fourth-order valence-corrected chi connectivity index (χ4v) is 6.36. The summed E-state index contributed by atoms with van der Waals surface area (Å²) in [5, 5.41) is 24.7. The van der Waals surface area contributed by atoms with Crippen LogP contribution < -0.4 is 21.3 Å². The summed E-state index contributed by atoms with van der Waals surface area (Å²) in [6, 6.07) is 21.5. The van der Waals surface area contributed by atoms with E-state index >= 15 is 0 Å². The van der Waals surface area contributed by atoms with Crippen molar-refractivity contribution in [3.05, 3.63) is 102 Å². The van der Waals surface area contributed by atoms with Crippen molar-refractivity contribution < 1.29 is 14.7 Å². The first-order valence-corrected chi connectivity index (χ1v) is 16.7. The number of hydrogen-bond acceptors (Lipinski definition) is 6. The number of fused-ring (bicyclic) bond motifs is 1. The average Bonchev–Trinajstić information content (AvgIpc) is 3.53. The van der Waals surface area contributed by atoms with E-state index in [1.165, 1.54) is 32.1 Å². The number of amides is 2. The molecule has 1 heterocycles. The van der Waals surface area contributed by atoms with Crippen molar-refractivity contribution in [3.63, 3.8) is 0 Å². The van der Waals surface area contributed by atoms with Crippen molar-refractivity contribution in [2.75, 3.05) is 13.2 Å². The van der Waals surface area contributed by atoms with Crippen molar-refractivity contribution in [1.29, 1.82) is 0 Å². The van der Waals surface area contributed by atoms with Gasteiger partial charge in [-0.25, -0.2) is 4.98 Å². The second kappa shape index (κ2) is 17.0. The fourth-order valence-electron chi connectivity index (χ4n) is 6.36. The maximum Gasteiger partial charge on any atom is 0.251 e. The monoisotopic (exact) mass is 624 g/mol. The third kappa shape index (κ3) is 9.25. The summed E-state index contributed by atoms with van der Waals surface area (Å²) in [6.07, 6.45) is 11.2. The maximum atomic E-state index is 13.7. The Morgan fingerprint density at radius 3 is 2.54 bits per heavy atom. The topological polar surface area (TPSA) is 120 Å². The first kappa shape index (κ1) is 33.3. The molecule has 1 aliphatic carbocycles. The van der Waals surface area contributed by atoms with Gasteiger partial charge >= 0.3 is 0 Å². The van der Waals surface area contributed by atoms with Crippen LogP contribution in [0.5, 0.6) is 0 Å². The van der Waals surface area contributed by atoms with E-state index in [0.717, 1.165) is 40.7 Å². The third-order valence-electron chi connectivity index (χ3n) is 8.95. The molecule has 2 atom stereocenters. The SMILES string of the molecule is C[C@H](NC(=O)[C@H](CCCNC1CCCCC1)NC(=O)c1ccc(CNCc2nccn2CCO)cc1)c1cccc2ccccc12. The molecule has 9 heteroatoms. The van der Waals surface area contributed by atoms with Crippen LogP contribution in [0.15, 0.2) is 79.1 Å². The van der Waals surface area contributed by atoms with Gasteiger partial charge in [0.1, 0.15) is 11.9 Å². The highest BCUT2D eigenvalue weighted by Crippen LogP contribution is 2.24. The Balaban J connectivity index is 1.19. The van der Waals surface area contributed by atoms with Crippen LogP contribution in [-0.2, 0) is 24.4 Å². The first-order valence-electron chi connectivity index (χ1n) is 16.7. The smallest absolute Gasteiger partial charge is 0.251 e. The summed E-state index contributed by atoms with van der Waals surface area (Å²) < 4.78 is 1.92. The minimum Gasteiger partial charge on any atom is -0.395 e. The number of carbonyl (C=O) groups is 2. The Bertz CT molecular complexity index is 1540. The highest BCUT2D eigenvalue weighted by Gasteiger charge is 2.24. The summed E-state index contributed by atoms with van der Waals surface area (Å²) >= 11 is 0. The lowest BCUT2D eigenvalue weighted by Crippen LogP contribution is -2.47. The molecule has 5 N–H and O–H groups in total. The van der Waals surface area contributed by atoms with Gasteiger partial charge < -0.3 is 30.9 Å². The van der Waals surface area contributed by atoms with E-state index in [1.807, 2.05) is 48.0 Å². The van der Waals surface area contributed by atoms with Crippen LogP contribution in [0.4, 0.5) is 0 Å². The zero-order chi connectivity index (χ0) is 32.1. The van der Waals surface area contributed by atoms with Gasteiger partial charge in [0, 0.05) is 37.1 Å². The number of nitrogens with zero attached hydrogens (tertiary/aromatic N) is 2. The van der Waals surface area contributed by atoms with E-state index in [4.69, 9.17) is 0 Å². The largest absolute Gasteiger partial charge is 0.395 e. The number of aliphatic hydroxyl groups excluding tert-OH is 1. The quantitative estimate of drug-likeness (QED) is 0.112. The summed E-state index contributed by atoms with van der Waals surface area (Å²) in [4.78, 5) is 31.4. The fraction of sp³-hybridized carbons (Fsp3) is 0.432. The lowest BCUT2D eigenvalue weighted by Gasteiger charge is -2.24. The Hall–Kier alpha value is -4.05. The van der Waals surface area contributed by atoms with Gasteiger partial charge in [0.25, 0.3) is 5.91 Å². The standard InChI is InChI=1S/C37H48N6O3/c1-27(32-14-7-10-29-9-5-6-13-33(29)32)41-37(46)34(15-8-20-39-31-11-3-2-4-12-31)42-36(45)30-18-16-28(17-19-30)25-38-26-35-40-21-22-43(35)23-24-44/h5-7,9-10,13-14,16-19,21-22,27,31,34,38-39,44H,2-4,8,11-12,15,20,23-26H2,1H3,(H,41,46)(H,42,45)/t27-,34-/m0/s1. The van der Waals surface area contributed by atoms with E-state index in [-0.39, 0.29) is 24.5 Å². The molecule has 1 saturated carbocycles. The molecule has 9 nitrogen and oxygen atoms in total. The van der Waals surface area contributed by atoms with Crippen molar-refractivity contribution in [2.45, 2.75) is 89.6 Å². The minimum absolute atomic E-state index is 0.0655. The van der Waals surface area contributed by atoms with Crippen molar-refractivity contribution in [3.8, 4) is 0 Å². The Morgan fingerprint density at radius 2 is 1.74 bits per heavy atom. The Labute approximate surface area is 272 Å². The molecule has 5 rings (SSSR count). The molecule has 0 bridgehead atoms. The van der Waals surface area contributed by atoms with Crippen LogP contribution in [0.3, 0.4) is 0 Å². The lowest BCUT2D eigenvalue weighted by molar-refractivity contribution is -0.123. The predicted octanol–water partition coefficient (Wildman–Crippen LogP) is 5.00. The molecule has 0 spiro atoms. The van der Waals surface area contributed by atoms with Crippen molar-refractivity contribution in [2.24, 2.45) is 0 Å². The summed E-state index contributed by atoms with van der Waals surface area (Å²) in [5.41, 5.74) is 2.60. The first-order chi connectivity index (χ1) is 22.5. The normalized spacial score (nSPS) is 15.0. The zero-order valence-corrected chi connectivity index (χ0v) is 26.9. The van der Waals surface area contributed by atoms with Gasteiger partial charge in [-0.05, 0) is 73.2 Å². The molecule has 1 aliphatic rings. The molecule has 46 heavy (non-hydrogen) atoms. The minimum atomic E-state index is -0.651. The van der Waals surface area contributed by atoms with Crippen LogP contribution in [0.25, 0.3) is 10.8 Å². The van der Waals surface area contributed by atoms with Crippen LogP contribution in [0.2, 0.25) is 0 Å². The van der Waals surface area contributed by atoms with Gasteiger partial charge in [-0.3, -0.25) is 9.59 Å². The molecule has 2 amide bonds. The van der Waals surface area contributed by atoms with E-state index in [1.54, 1.807) is 18.3 Å². The van der Waals surface area contributed by atoms with Gasteiger partial charge in [-0.2, -0.15) is 0 Å². The third-order valence-corrected chi connectivity index (χ3v) is 8.95. The number of benzene rings is 3. The number of rotatable bonds is 16. The summed E-state index contributed by atoms with van der Waals surface area (Å²) in [7, 11) is 0. The lowest BCUT2D eigenvalue weighted by atomic mass is 9.95. The van der Waals surface area contributed by atoms with Crippen LogP contribution in [0, 0.1) is 0 Å². The summed E-state index contributed by atoms with van der Waals surface area (Å²) in [5.74, 6) is 0.425. The highest BCUT2D eigenvalue weighted by molar-refractivity contribution is 5.97. The highest BCUT2D eigenvalue weighted by atomic mass is 16.3. The maximum absolute atomic E-state index is 13.7. The molecule has 244 valence electrons. The molecular formula is C37H48N6O3. The number of hydrogen-bond donors (Lipinski definition) is 5. The van der Waals surface area contributed by atoms with E-state index < -0.39 is 6.04 Å². The average molecular weight is 625 g/mol. The van der Waals surface area contributed by atoms with Crippen LogP contribution in [-0.4, -0.2) is 51.7 Å². The molecule has 3 aromatic carbocycles. The predicted molar refractivity (Wildman–Crippen MR) is 182 cm³/mol. The van der Waals surface area contributed by atoms with E-state index in [2.05, 4.69) is 50.5 Å². The zero-order valence-electron chi connectivity index (χ0n) is 26.9. The van der Waals surface area contributed by atoms with Gasteiger partial charge in [0.15, 0.2) is 0 Å². The summed E-state index contributed by atoms with van der Waals surface area (Å²) in [6.45, 7) is 4.58. The molecule has 1 aromatic heterocycles. The molecular weight excluding hydrogens is 576 g/mol. The van der Waals surface area contributed by atoms with Crippen LogP contribution >= 0.6 is 0 Å². The van der Waals surface area contributed by atoms with E-state index in [9.17, 15) is 14.7 Å². The second-order valence-electron chi connectivity index (χ2n) is 12.3. The molecule has 0 unspecified atom stereocenters. The van der Waals surface area contributed by atoms with Crippen LogP contribution in [0.1, 0.15) is 85.2 Å². The molecule has 0 radical (unpaired) electrons. The number of carbonyl (C=O) groups excluding carboxylic acids is 2. The number of aromatic nitrogens is 2. The Morgan fingerprint density at radius 1 is 0.957 bits per heavy atom. The number of aliphatic hydroxyl groups is 1. The second-order valence-corrected chi connectivity index (χ2v) is 12.3. The van der Waals surface area contributed by atoms with Crippen molar-refractivity contribution >= 4 is 22.6 Å². The van der Waals surface area contributed by atoms with Gasteiger partial charge in [-0.15, -0.1) is 0 Å². The Kier molecular flexibility index (Phi) is 12.3. The number of nitrogens with one attached hydrogen (secondary N) is 4.